The van der Waals surface area contributed by atoms with Crippen LogP contribution < -0.4 is 0 Å². The predicted octanol–water partition coefficient (Wildman–Crippen LogP) is -1.25. The largest absolute Gasteiger partial charge is 0.394 e. The summed E-state index contributed by atoms with van der Waals surface area (Å²) < 4.78 is 5.02. The van der Waals surface area contributed by atoms with Gasteiger partial charge in [0, 0.05) is 6.42 Å². The topological polar surface area (TPSA) is 69.9 Å². The van der Waals surface area contributed by atoms with Crippen molar-refractivity contribution in [1.29, 1.82) is 0 Å². The van der Waals surface area contributed by atoms with Crippen molar-refractivity contribution >= 4 is 12.6 Å². The molecular weight excluding hydrogens is 168 g/mol. The van der Waals surface area contributed by atoms with E-state index in [2.05, 4.69) is 12.6 Å². The minimum Gasteiger partial charge on any atom is -0.394 e. The number of rotatable bonds is 1. The molecule has 4 atom stereocenters. The van der Waals surface area contributed by atoms with Crippen molar-refractivity contribution in [1.82, 2.24) is 0 Å². The van der Waals surface area contributed by atoms with E-state index in [0.717, 1.165) is 0 Å². The lowest BCUT2D eigenvalue weighted by atomic mass is 10.0. The Morgan fingerprint density at radius 3 is 2.55 bits per heavy atom. The van der Waals surface area contributed by atoms with Gasteiger partial charge in [0.15, 0.2) is 0 Å². The fourth-order valence-corrected chi connectivity index (χ4v) is 1.42. The maximum absolute atomic E-state index is 9.16. The van der Waals surface area contributed by atoms with Gasteiger partial charge in [0.1, 0.15) is 11.5 Å². The molecule has 0 aliphatic carbocycles. The van der Waals surface area contributed by atoms with Crippen LogP contribution in [0.1, 0.15) is 6.42 Å². The summed E-state index contributed by atoms with van der Waals surface area (Å²) in [6, 6.07) is 0. The monoisotopic (exact) mass is 180 g/mol. The Kier molecular flexibility index (Phi) is 3.15. The first kappa shape index (κ1) is 9.28. The predicted molar refractivity (Wildman–Crippen MR) is 41.4 cm³/mol. The Morgan fingerprint density at radius 1 is 1.45 bits per heavy atom. The van der Waals surface area contributed by atoms with Crippen LogP contribution in [0.3, 0.4) is 0 Å². The summed E-state index contributed by atoms with van der Waals surface area (Å²) in [4.78, 5) is 0. The van der Waals surface area contributed by atoms with Crippen LogP contribution in [0, 0.1) is 0 Å². The highest BCUT2D eigenvalue weighted by Gasteiger charge is 2.34. The van der Waals surface area contributed by atoms with Gasteiger partial charge in [0.05, 0.1) is 18.8 Å². The third kappa shape index (κ3) is 2.07. The lowest BCUT2D eigenvalue weighted by Crippen LogP contribution is -2.46. The second kappa shape index (κ2) is 3.73. The molecule has 0 bridgehead atoms. The van der Waals surface area contributed by atoms with Crippen LogP contribution in [0.25, 0.3) is 0 Å². The van der Waals surface area contributed by atoms with Crippen LogP contribution in [-0.2, 0) is 4.74 Å². The van der Waals surface area contributed by atoms with Gasteiger partial charge in [-0.3, -0.25) is 0 Å². The first-order chi connectivity index (χ1) is 5.15. The van der Waals surface area contributed by atoms with Gasteiger partial charge in [0.25, 0.3) is 0 Å². The molecule has 0 saturated carbocycles. The van der Waals surface area contributed by atoms with Gasteiger partial charge in [-0.15, -0.1) is 12.6 Å². The number of thiol groups is 1. The third-order valence-electron chi connectivity index (χ3n) is 1.73. The fraction of sp³-hybridized carbons (Fsp3) is 1.00. The normalized spacial score (nSPS) is 45.8. The molecule has 0 aromatic carbocycles. The summed E-state index contributed by atoms with van der Waals surface area (Å²) >= 11 is 3.89. The smallest absolute Gasteiger partial charge is 0.129 e. The van der Waals surface area contributed by atoms with E-state index in [1.54, 1.807) is 0 Å². The molecule has 1 aliphatic heterocycles. The Hall–Kier alpha value is 0.190. The van der Waals surface area contributed by atoms with Crippen molar-refractivity contribution in [3.05, 3.63) is 0 Å². The zero-order valence-electron chi connectivity index (χ0n) is 5.92. The Labute approximate surface area is 70.2 Å². The zero-order chi connectivity index (χ0) is 8.43. The van der Waals surface area contributed by atoms with E-state index < -0.39 is 23.7 Å². The van der Waals surface area contributed by atoms with Gasteiger partial charge in [-0.2, -0.15) is 0 Å². The van der Waals surface area contributed by atoms with E-state index in [1.165, 1.54) is 0 Å². The van der Waals surface area contributed by atoms with E-state index in [-0.39, 0.29) is 13.0 Å². The molecular formula is C6H12O4S. The lowest BCUT2D eigenvalue weighted by molar-refractivity contribution is -0.144. The first-order valence-corrected chi connectivity index (χ1v) is 3.97. The molecule has 0 aromatic rings. The number of ether oxygens (including phenoxy) is 1. The van der Waals surface area contributed by atoms with Crippen molar-refractivity contribution in [3.8, 4) is 0 Å². The van der Waals surface area contributed by atoms with Crippen molar-refractivity contribution in [3.63, 3.8) is 0 Å². The van der Waals surface area contributed by atoms with E-state index in [4.69, 9.17) is 20.1 Å². The summed E-state index contributed by atoms with van der Waals surface area (Å²) in [5.41, 5.74) is -0.698. The van der Waals surface area contributed by atoms with Gasteiger partial charge in [0.2, 0.25) is 0 Å². The van der Waals surface area contributed by atoms with E-state index in [1.807, 2.05) is 0 Å². The van der Waals surface area contributed by atoms with E-state index in [9.17, 15) is 0 Å². The SMILES string of the molecule is OC[C@@H]1C[C@H](O)[C@H](O)[C@@H](S)O1. The van der Waals surface area contributed by atoms with Crippen molar-refractivity contribution in [2.24, 2.45) is 0 Å². The van der Waals surface area contributed by atoms with Crippen LogP contribution >= 0.6 is 12.6 Å². The first-order valence-electron chi connectivity index (χ1n) is 3.45. The Bertz CT molecular complexity index is 120. The average Bonchev–Trinajstić information content (AvgIpc) is 1.99. The maximum Gasteiger partial charge on any atom is 0.129 e. The molecule has 3 N–H and O–H groups in total. The highest BCUT2D eigenvalue weighted by molar-refractivity contribution is 7.80. The summed E-state index contributed by atoms with van der Waals surface area (Å²) in [6.45, 7) is -0.152. The van der Waals surface area contributed by atoms with Gasteiger partial charge in [-0.05, 0) is 0 Å². The van der Waals surface area contributed by atoms with Gasteiger partial charge in [-0.1, -0.05) is 0 Å². The minimum atomic E-state index is -0.957. The van der Waals surface area contributed by atoms with Crippen molar-refractivity contribution < 1.29 is 20.1 Å². The lowest BCUT2D eigenvalue weighted by Gasteiger charge is -2.33. The summed E-state index contributed by atoms with van der Waals surface area (Å²) in [6.07, 6.45) is -1.95. The summed E-state index contributed by atoms with van der Waals surface area (Å²) in [7, 11) is 0. The Balaban J connectivity index is 2.47. The molecule has 1 heterocycles. The molecule has 1 fully saturated rings. The average molecular weight is 180 g/mol. The highest BCUT2D eigenvalue weighted by atomic mass is 32.1. The minimum absolute atomic E-state index is 0.152. The van der Waals surface area contributed by atoms with E-state index >= 15 is 0 Å². The maximum atomic E-state index is 9.16. The second-order valence-corrected chi connectivity index (χ2v) is 3.13. The molecule has 1 rings (SSSR count). The third-order valence-corrected chi connectivity index (χ3v) is 2.15. The van der Waals surface area contributed by atoms with Crippen LogP contribution in [0.4, 0.5) is 0 Å². The molecule has 0 radical (unpaired) electrons. The molecule has 0 spiro atoms. The summed E-state index contributed by atoms with van der Waals surface area (Å²) in [5, 5.41) is 26.9. The second-order valence-electron chi connectivity index (χ2n) is 2.62. The standard InChI is InChI=1S/C6H12O4S/c7-2-3-1-4(8)5(9)6(11)10-3/h3-9,11H,1-2H2/t3-,4-,5-,6+/m0/s1. The van der Waals surface area contributed by atoms with Crippen LogP contribution in [0.5, 0.6) is 0 Å². The van der Waals surface area contributed by atoms with Crippen LogP contribution in [0.15, 0.2) is 0 Å². The quantitative estimate of drug-likeness (QED) is 0.380. The van der Waals surface area contributed by atoms with Gasteiger partial charge >= 0.3 is 0 Å². The van der Waals surface area contributed by atoms with Crippen LogP contribution in [0.2, 0.25) is 0 Å². The molecule has 66 valence electrons. The number of hydrogen-bond donors (Lipinski definition) is 4. The van der Waals surface area contributed by atoms with Crippen molar-refractivity contribution in [2.75, 3.05) is 6.61 Å². The molecule has 0 unspecified atom stereocenters. The molecule has 11 heavy (non-hydrogen) atoms. The zero-order valence-corrected chi connectivity index (χ0v) is 6.82. The fourth-order valence-electron chi connectivity index (χ4n) is 1.05. The highest BCUT2D eigenvalue weighted by Crippen LogP contribution is 2.21. The number of hydrogen-bond acceptors (Lipinski definition) is 5. The summed E-state index contributed by atoms with van der Waals surface area (Å²) in [5.74, 6) is 0. The van der Waals surface area contributed by atoms with Crippen LogP contribution in [-0.4, -0.2) is 45.7 Å². The molecule has 5 heteroatoms. The van der Waals surface area contributed by atoms with Crippen molar-refractivity contribution in [2.45, 2.75) is 30.2 Å². The molecule has 0 amide bonds. The van der Waals surface area contributed by atoms with Gasteiger partial charge < -0.3 is 20.1 Å². The molecule has 4 nitrogen and oxygen atoms in total. The Morgan fingerprint density at radius 2 is 2.09 bits per heavy atom. The van der Waals surface area contributed by atoms with Gasteiger partial charge in [-0.25, -0.2) is 0 Å². The molecule has 1 saturated heterocycles. The molecule has 0 aromatic heterocycles. The molecule has 1 aliphatic rings. The number of aliphatic hydroxyl groups excluding tert-OH is 3. The van der Waals surface area contributed by atoms with E-state index in [0.29, 0.717) is 0 Å². The number of aliphatic hydroxyl groups is 3.